The predicted molar refractivity (Wildman–Crippen MR) is 67.3 cm³/mol. The van der Waals surface area contributed by atoms with E-state index in [1.54, 1.807) is 0 Å². The van der Waals surface area contributed by atoms with E-state index in [0.717, 1.165) is 25.7 Å². The van der Waals surface area contributed by atoms with Crippen LogP contribution in [0.15, 0.2) is 18.2 Å². The summed E-state index contributed by atoms with van der Waals surface area (Å²) in [6.45, 7) is 0.194. The number of halogens is 1. The van der Waals surface area contributed by atoms with E-state index in [-0.39, 0.29) is 17.2 Å². The molecule has 0 aromatic heterocycles. The van der Waals surface area contributed by atoms with Crippen LogP contribution in [-0.2, 0) is 0 Å². The summed E-state index contributed by atoms with van der Waals surface area (Å²) < 4.78 is 5.48. The van der Waals surface area contributed by atoms with Gasteiger partial charge in [0, 0.05) is 0 Å². The summed E-state index contributed by atoms with van der Waals surface area (Å²) in [6.07, 6.45) is 3.48. The van der Waals surface area contributed by atoms with Crippen LogP contribution < -0.4 is 4.74 Å². The van der Waals surface area contributed by atoms with Crippen LogP contribution in [0.25, 0.3) is 0 Å². The molecule has 5 heteroatoms. The lowest BCUT2D eigenvalue weighted by atomic mass is 10.0. The van der Waals surface area contributed by atoms with E-state index in [2.05, 4.69) is 0 Å². The first-order valence-electron chi connectivity index (χ1n) is 5.88. The summed E-state index contributed by atoms with van der Waals surface area (Å²) >= 11 is 5.93. The monoisotopic (exact) mass is 270 g/mol. The Kier molecular flexibility index (Phi) is 3.78. The first kappa shape index (κ1) is 13.2. The van der Waals surface area contributed by atoms with E-state index in [4.69, 9.17) is 21.4 Å². The molecular formula is C13H15ClO4. The van der Waals surface area contributed by atoms with Crippen molar-refractivity contribution >= 4 is 17.6 Å². The quantitative estimate of drug-likeness (QED) is 0.883. The molecule has 0 bridgehead atoms. The van der Waals surface area contributed by atoms with Gasteiger partial charge in [0.1, 0.15) is 12.4 Å². The molecule has 0 heterocycles. The second-order valence-electron chi connectivity index (χ2n) is 4.67. The van der Waals surface area contributed by atoms with Crippen LogP contribution in [0, 0.1) is 0 Å². The Morgan fingerprint density at radius 3 is 2.61 bits per heavy atom. The number of hydrogen-bond donors (Lipinski definition) is 2. The average molecular weight is 271 g/mol. The minimum absolute atomic E-state index is 0.118. The van der Waals surface area contributed by atoms with Crippen molar-refractivity contribution in [2.24, 2.45) is 0 Å². The summed E-state index contributed by atoms with van der Waals surface area (Å²) in [4.78, 5) is 10.7. The maximum absolute atomic E-state index is 10.7. The lowest BCUT2D eigenvalue weighted by molar-refractivity contribution is 0.00142. The van der Waals surface area contributed by atoms with Crippen LogP contribution in [0.1, 0.15) is 36.0 Å². The van der Waals surface area contributed by atoms with E-state index in [1.165, 1.54) is 18.2 Å². The average Bonchev–Trinajstić information content (AvgIpc) is 2.75. The first-order chi connectivity index (χ1) is 8.50. The third kappa shape index (κ3) is 2.94. The van der Waals surface area contributed by atoms with Gasteiger partial charge in [-0.25, -0.2) is 4.79 Å². The van der Waals surface area contributed by atoms with Gasteiger partial charge >= 0.3 is 5.97 Å². The molecule has 0 aliphatic heterocycles. The third-order valence-electron chi connectivity index (χ3n) is 3.21. The largest absolute Gasteiger partial charge is 0.489 e. The fraction of sp³-hybridized carbons (Fsp3) is 0.462. The van der Waals surface area contributed by atoms with Crippen molar-refractivity contribution in [1.29, 1.82) is 0 Å². The summed E-state index contributed by atoms with van der Waals surface area (Å²) in [5.41, 5.74) is -0.652. The molecule has 1 aromatic carbocycles. The highest BCUT2D eigenvalue weighted by molar-refractivity contribution is 6.32. The zero-order valence-electron chi connectivity index (χ0n) is 9.86. The molecule has 0 saturated heterocycles. The Morgan fingerprint density at radius 2 is 2.06 bits per heavy atom. The number of aromatic carboxylic acids is 1. The number of hydrogen-bond acceptors (Lipinski definition) is 3. The molecule has 1 aromatic rings. The van der Waals surface area contributed by atoms with E-state index in [0.29, 0.717) is 5.75 Å². The van der Waals surface area contributed by atoms with E-state index in [9.17, 15) is 9.90 Å². The van der Waals surface area contributed by atoms with Gasteiger partial charge in [0.15, 0.2) is 0 Å². The maximum atomic E-state index is 10.7. The Hall–Kier alpha value is -1.26. The van der Waals surface area contributed by atoms with Gasteiger partial charge in [-0.3, -0.25) is 0 Å². The Bertz CT molecular complexity index is 452. The predicted octanol–water partition coefficient (Wildman–Crippen LogP) is 2.72. The topological polar surface area (TPSA) is 66.8 Å². The number of benzene rings is 1. The number of carboxylic acids is 1. The van der Waals surface area contributed by atoms with Crippen molar-refractivity contribution in [3.8, 4) is 5.75 Å². The fourth-order valence-electron chi connectivity index (χ4n) is 2.14. The normalized spacial score (nSPS) is 17.7. The molecule has 0 radical (unpaired) electrons. The van der Waals surface area contributed by atoms with Gasteiger partial charge in [-0.15, -0.1) is 0 Å². The molecular weight excluding hydrogens is 256 g/mol. The Morgan fingerprint density at radius 1 is 1.39 bits per heavy atom. The van der Waals surface area contributed by atoms with Gasteiger partial charge in [-0.05, 0) is 31.0 Å². The molecule has 0 atom stereocenters. The molecule has 1 saturated carbocycles. The number of ether oxygens (including phenoxy) is 1. The van der Waals surface area contributed by atoms with Gasteiger partial charge in [-0.1, -0.05) is 24.4 Å². The highest BCUT2D eigenvalue weighted by atomic mass is 35.5. The lowest BCUT2D eigenvalue weighted by Gasteiger charge is -2.22. The summed E-state index contributed by atoms with van der Waals surface area (Å²) in [7, 11) is 0. The van der Waals surface area contributed by atoms with Gasteiger partial charge in [0.05, 0.1) is 16.2 Å². The minimum atomic E-state index is -1.03. The number of aliphatic hydroxyl groups is 1. The highest BCUT2D eigenvalue weighted by Crippen LogP contribution is 2.32. The van der Waals surface area contributed by atoms with Gasteiger partial charge in [0.2, 0.25) is 0 Å². The maximum Gasteiger partial charge on any atom is 0.335 e. The SMILES string of the molecule is O=C(O)c1ccc(OCC2(O)CCCC2)c(Cl)c1. The van der Waals surface area contributed by atoms with Crippen molar-refractivity contribution in [3.63, 3.8) is 0 Å². The van der Waals surface area contributed by atoms with E-state index >= 15 is 0 Å². The standard InChI is InChI=1S/C13H15ClO4/c14-10-7-9(12(15)16)3-4-11(10)18-8-13(17)5-1-2-6-13/h3-4,7,17H,1-2,5-6,8H2,(H,15,16). The lowest BCUT2D eigenvalue weighted by Crippen LogP contribution is -2.32. The third-order valence-corrected chi connectivity index (χ3v) is 3.50. The smallest absolute Gasteiger partial charge is 0.335 e. The molecule has 2 rings (SSSR count). The molecule has 1 aliphatic rings. The molecule has 0 spiro atoms. The van der Waals surface area contributed by atoms with Crippen molar-refractivity contribution in [2.75, 3.05) is 6.61 Å². The molecule has 1 fully saturated rings. The second-order valence-corrected chi connectivity index (χ2v) is 5.08. The fourth-order valence-corrected chi connectivity index (χ4v) is 2.38. The van der Waals surface area contributed by atoms with Gasteiger partial charge in [0.25, 0.3) is 0 Å². The summed E-state index contributed by atoms with van der Waals surface area (Å²) in [6, 6.07) is 4.30. The summed E-state index contributed by atoms with van der Waals surface area (Å²) in [5, 5.41) is 19.2. The number of carboxylic acid groups (broad SMARTS) is 1. The zero-order chi connectivity index (χ0) is 13.2. The molecule has 18 heavy (non-hydrogen) atoms. The Labute approximate surface area is 110 Å². The van der Waals surface area contributed by atoms with Crippen LogP contribution in [-0.4, -0.2) is 28.4 Å². The molecule has 98 valence electrons. The zero-order valence-corrected chi connectivity index (χ0v) is 10.6. The van der Waals surface area contributed by atoms with Crippen LogP contribution >= 0.6 is 11.6 Å². The van der Waals surface area contributed by atoms with Crippen molar-refractivity contribution in [1.82, 2.24) is 0 Å². The van der Waals surface area contributed by atoms with E-state index in [1.807, 2.05) is 0 Å². The van der Waals surface area contributed by atoms with Crippen molar-refractivity contribution < 1.29 is 19.7 Å². The van der Waals surface area contributed by atoms with Crippen LogP contribution in [0.4, 0.5) is 0 Å². The summed E-state index contributed by atoms with van der Waals surface area (Å²) in [5.74, 6) is -0.625. The van der Waals surface area contributed by atoms with Gasteiger partial charge < -0.3 is 14.9 Å². The number of rotatable bonds is 4. The van der Waals surface area contributed by atoms with Crippen LogP contribution in [0.5, 0.6) is 5.75 Å². The molecule has 4 nitrogen and oxygen atoms in total. The Balaban J connectivity index is 2.03. The first-order valence-corrected chi connectivity index (χ1v) is 6.26. The molecule has 0 unspecified atom stereocenters. The number of carbonyl (C=O) groups is 1. The van der Waals surface area contributed by atoms with Crippen molar-refractivity contribution in [3.05, 3.63) is 28.8 Å². The molecule has 0 amide bonds. The molecule has 2 N–H and O–H groups in total. The van der Waals surface area contributed by atoms with E-state index < -0.39 is 11.6 Å². The molecule has 1 aliphatic carbocycles. The van der Waals surface area contributed by atoms with Gasteiger partial charge in [-0.2, -0.15) is 0 Å². The second kappa shape index (κ2) is 5.16. The van der Waals surface area contributed by atoms with Crippen molar-refractivity contribution in [2.45, 2.75) is 31.3 Å². The van der Waals surface area contributed by atoms with Crippen LogP contribution in [0.3, 0.4) is 0 Å². The highest BCUT2D eigenvalue weighted by Gasteiger charge is 2.32. The van der Waals surface area contributed by atoms with Crippen LogP contribution in [0.2, 0.25) is 5.02 Å². The minimum Gasteiger partial charge on any atom is -0.489 e.